The fourth-order valence-electron chi connectivity index (χ4n) is 1.66. The van der Waals surface area contributed by atoms with E-state index in [0.717, 1.165) is 36.1 Å². The number of hydrogen-bond acceptors (Lipinski definition) is 3. The van der Waals surface area contributed by atoms with Crippen LogP contribution in [0, 0.1) is 6.92 Å². The average Bonchev–Trinajstić information content (AvgIpc) is 2.60. The van der Waals surface area contributed by atoms with Crippen LogP contribution in [0.4, 0.5) is 0 Å². The molecular formula is C12H22ClN3O. The van der Waals surface area contributed by atoms with Crippen molar-refractivity contribution in [1.82, 2.24) is 15.1 Å². The third-order valence-corrected chi connectivity index (χ3v) is 3.13. The molecule has 0 aromatic carbocycles. The van der Waals surface area contributed by atoms with Crippen molar-refractivity contribution in [1.29, 1.82) is 0 Å². The highest BCUT2D eigenvalue weighted by Crippen LogP contribution is 2.20. The molecule has 17 heavy (non-hydrogen) atoms. The smallest absolute Gasteiger partial charge is 0.0860 e. The van der Waals surface area contributed by atoms with E-state index in [1.807, 2.05) is 18.5 Å². The van der Waals surface area contributed by atoms with E-state index in [9.17, 15) is 0 Å². The fourth-order valence-corrected chi connectivity index (χ4v) is 1.86. The van der Waals surface area contributed by atoms with Crippen LogP contribution in [0.15, 0.2) is 0 Å². The minimum Gasteiger partial charge on any atom is -0.380 e. The first-order chi connectivity index (χ1) is 8.10. The number of aromatic nitrogens is 2. The minimum atomic E-state index is 0.312. The molecule has 5 heteroatoms. The number of nitrogens with zero attached hydrogens (tertiary/aromatic N) is 2. The maximum atomic E-state index is 6.23. The molecule has 4 nitrogen and oxygen atoms in total. The Morgan fingerprint density at radius 1 is 1.47 bits per heavy atom. The van der Waals surface area contributed by atoms with Gasteiger partial charge in [0.1, 0.15) is 0 Å². The van der Waals surface area contributed by atoms with Gasteiger partial charge in [-0.3, -0.25) is 4.68 Å². The van der Waals surface area contributed by atoms with E-state index < -0.39 is 0 Å². The molecule has 0 amide bonds. The zero-order valence-corrected chi connectivity index (χ0v) is 11.8. The predicted molar refractivity (Wildman–Crippen MR) is 70.4 cm³/mol. The van der Waals surface area contributed by atoms with E-state index in [0.29, 0.717) is 12.6 Å². The van der Waals surface area contributed by atoms with Crippen molar-refractivity contribution in [2.75, 3.05) is 13.2 Å². The molecule has 1 atom stereocenters. The molecule has 0 fully saturated rings. The second-order valence-electron chi connectivity index (χ2n) is 4.10. The highest BCUT2D eigenvalue weighted by atomic mass is 35.5. The van der Waals surface area contributed by atoms with Gasteiger partial charge < -0.3 is 10.1 Å². The van der Waals surface area contributed by atoms with Gasteiger partial charge in [0, 0.05) is 25.7 Å². The Bertz CT molecular complexity index is 352. The summed E-state index contributed by atoms with van der Waals surface area (Å²) in [6, 6.07) is 0.312. The van der Waals surface area contributed by atoms with Crippen molar-refractivity contribution >= 4 is 11.6 Å². The summed E-state index contributed by atoms with van der Waals surface area (Å²) >= 11 is 6.23. The molecule has 0 aliphatic carbocycles. The predicted octanol–water partition coefficient (Wildman–Crippen LogP) is 2.38. The Hall–Kier alpha value is -0.580. The van der Waals surface area contributed by atoms with Gasteiger partial charge in [-0.1, -0.05) is 11.6 Å². The molecule has 1 aromatic rings. The quantitative estimate of drug-likeness (QED) is 0.817. The third-order valence-electron chi connectivity index (χ3n) is 2.64. The van der Waals surface area contributed by atoms with Crippen LogP contribution in [0.25, 0.3) is 0 Å². The Labute approximate surface area is 108 Å². The summed E-state index contributed by atoms with van der Waals surface area (Å²) in [7, 11) is 0. The lowest BCUT2D eigenvalue weighted by Crippen LogP contribution is -2.31. The van der Waals surface area contributed by atoms with Gasteiger partial charge in [0.15, 0.2) is 0 Å². The van der Waals surface area contributed by atoms with Gasteiger partial charge in [-0.15, -0.1) is 0 Å². The number of hydrogen-bond donors (Lipinski definition) is 1. The van der Waals surface area contributed by atoms with E-state index in [-0.39, 0.29) is 0 Å². The van der Waals surface area contributed by atoms with Crippen LogP contribution >= 0.6 is 11.6 Å². The molecule has 0 saturated carbocycles. The summed E-state index contributed by atoms with van der Waals surface area (Å²) in [5, 5.41) is 8.54. The molecule has 1 aromatic heterocycles. The Morgan fingerprint density at radius 2 is 2.18 bits per heavy atom. The highest BCUT2D eigenvalue weighted by Gasteiger charge is 2.12. The standard InChI is InChI=1S/C12H22ClN3O/c1-5-16-11(12(13)10(4)15-16)7-14-9(3)8-17-6-2/h9,14H,5-8H2,1-4H3. The number of rotatable bonds is 7. The molecule has 0 spiro atoms. The number of nitrogens with one attached hydrogen (secondary N) is 1. The van der Waals surface area contributed by atoms with Crippen LogP contribution in [-0.4, -0.2) is 29.0 Å². The number of halogens is 1. The van der Waals surface area contributed by atoms with Gasteiger partial charge in [0.25, 0.3) is 0 Å². The number of ether oxygens (including phenoxy) is 1. The van der Waals surface area contributed by atoms with Crippen LogP contribution in [0.3, 0.4) is 0 Å². The van der Waals surface area contributed by atoms with Crippen LogP contribution in [0.5, 0.6) is 0 Å². The Kier molecular flexibility index (Phi) is 5.95. The van der Waals surface area contributed by atoms with Gasteiger partial charge in [-0.25, -0.2) is 0 Å². The second-order valence-corrected chi connectivity index (χ2v) is 4.48. The molecule has 1 rings (SSSR count). The lowest BCUT2D eigenvalue weighted by atomic mass is 10.3. The molecule has 98 valence electrons. The van der Waals surface area contributed by atoms with Gasteiger partial charge in [-0.2, -0.15) is 5.10 Å². The van der Waals surface area contributed by atoms with Gasteiger partial charge in [0.2, 0.25) is 0 Å². The molecule has 0 saturated heterocycles. The van der Waals surface area contributed by atoms with Crippen LogP contribution in [-0.2, 0) is 17.8 Å². The zero-order chi connectivity index (χ0) is 12.8. The zero-order valence-electron chi connectivity index (χ0n) is 11.1. The molecule has 1 N–H and O–H groups in total. The first-order valence-electron chi connectivity index (χ1n) is 6.13. The van der Waals surface area contributed by atoms with Crippen molar-refractivity contribution in [3.63, 3.8) is 0 Å². The van der Waals surface area contributed by atoms with E-state index in [1.165, 1.54) is 0 Å². The molecule has 0 aliphatic rings. The van der Waals surface area contributed by atoms with Crippen molar-refractivity contribution in [2.24, 2.45) is 0 Å². The monoisotopic (exact) mass is 259 g/mol. The molecule has 1 unspecified atom stereocenters. The van der Waals surface area contributed by atoms with Crippen molar-refractivity contribution in [3.8, 4) is 0 Å². The Morgan fingerprint density at radius 3 is 2.76 bits per heavy atom. The van der Waals surface area contributed by atoms with Gasteiger partial charge in [-0.05, 0) is 27.7 Å². The normalized spacial score (nSPS) is 13.0. The first kappa shape index (κ1) is 14.5. The van der Waals surface area contributed by atoms with Gasteiger partial charge >= 0.3 is 0 Å². The number of aryl methyl sites for hydroxylation is 2. The van der Waals surface area contributed by atoms with Crippen LogP contribution in [0.2, 0.25) is 5.02 Å². The lowest BCUT2D eigenvalue weighted by Gasteiger charge is -2.14. The van der Waals surface area contributed by atoms with Crippen molar-refractivity contribution in [3.05, 3.63) is 16.4 Å². The average molecular weight is 260 g/mol. The van der Waals surface area contributed by atoms with Gasteiger partial charge in [0.05, 0.1) is 23.0 Å². The van der Waals surface area contributed by atoms with E-state index in [2.05, 4.69) is 24.3 Å². The Balaban J connectivity index is 2.56. The highest BCUT2D eigenvalue weighted by molar-refractivity contribution is 6.31. The van der Waals surface area contributed by atoms with Crippen molar-refractivity contribution < 1.29 is 4.74 Å². The summed E-state index contributed by atoms with van der Waals surface area (Å²) in [6.07, 6.45) is 0. The maximum Gasteiger partial charge on any atom is 0.0860 e. The van der Waals surface area contributed by atoms with E-state index in [1.54, 1.807) is 0 Å². The summed E-state index contributed by atoms with van der Waals surface area (Å²) in [5.74, 6) is 0. The fraction of sp³-hybridized carbons (Fsp3) is 0.750. The van der Waals surface area contributed by atoms with E-state index >= 15 is 0 Å². The molecular weight excluding hydrogens is 238 g/mol. The van der Waals surface area contributed by atoms with Crippen molar-refractivity contribution in [2.45, 2.75) is 46.8 Å². The second kappa shape index (κ2) is 6.99. The largest absolute Gasteiger partial charge is 0.380 e. The lowest BCUT2D eigenvalue weighted by molar-refractivity contribution is 0.126. The summed E-state index contributed by atoms with van der Waals surface area (Å²) in [4.78, 5) is 0. The summed E-state index contributed by atoms with van der Waals surface area (Å²) < 4.78 is 7.30. The molecule has 0 radical (unpaired) electrons. The van der Waals surface area contributed by atoms with Crippen LogP contribution < -0.4 is 5.32 Å². The minimum absolute atomic E-state index is 0.312. The maximum absolute atomic E-state index is 6.23. The summed E-state index contributed by atoms with van der Waals surface area (Å²) in [5.41, 5.74) is 1.94. The van der Waals surface area contributed by atoms with E-state index in [4.69, 9.17) is 16.3 Å². The SMILES string of the molecule is CCOCC(C)NCc1c(Cl)c(C)nn1CC. The topological polar surface area (TPSA) is 39.1 Å². The molecule has 0 bridgehead atoms. The van der Waals surface area contributed by atoms with Crippen LogP contribution in [0.1, 0.15) is 32.2 Å². The first-order valence-corrected chi connectivity index (χ1v) is 6.50. The molecule has 1 heterocycles. The molecule has 0 aliphatic heterocycles. The third kappa shape index (κ3) is 3.98. The summed E-state index contributed by atoms with van der Waals surface area (Å²) in [6.45, 7) is 11.1.